The van der Waals surface area contributed by atoms with E-state index in [4.69, 9.17) is 0 Å². The maximum Gasteiger partial charge on any atom is 0.130 e. The number of nitrogens with one attached hydrogen (secondary N) is 1. The molecule has 0 spiro atoms. The fourth-order valence-corrected chi connectivity index (χ4v) is 2.34. The normalized spacial score (nSPS) is 13.0. The quantitative estimate of drug-likeness (QED) is 0.759. The van der Waals surface area contributed by atoms with Gasteiger partial charge in [-0.25, -0.2) is 8.78 Å². The molecule has 0 aliphatic rings. The number of hydrogen-bond acceptors (Lipinski definition) is 1. The fraction of sp³-hybridized carbons (Fsp3) is 0.600. The first kappa shape index (κ1) is 15.1. The van der Waals surface area contributed by atoms with Crippen molar-refractivity contribution in [3.05, 3.63) is 35.4 Å². The van der Waals surface area contributed by atoms with Gasteiger partial charge in [0.25, 0.3) is 0 Å². The Kier molecular flexibility index (Phi) is 6.27. The fourth-order valence-electron chi connectivity index (χ4n) is 2.34. The second kappa shape index (κ2) is 7.47. The minimum atomic E-state index is -0.518. The molecular weight excluding hydrogens is 232 g/mol. The van der Waals surface area contributed by atoms with Crippen molar-refractivity contribution in [2.45, 2.75) is 46.1 Å². The highest BCUT2D eigenvalue weighted by Crippen LogP contribution is 2.29. The molecule has 0 saturated heterocycles. The zero-order valence-corrected chi connectivity index (χ0v) is 11.5. The van der Waals surface area contributed by atoms with Crippen molar-refractivity contribution in [1.29, 1.82) is 0 Å². The van der Waals surface area contributed by atoms with Crippen molar-refractivity contribution in [1.82, 2.24) is 5.32 Å². The summed E-state index contributed by atoms with van der Waals surface area (Å²) in [5.74, 6) is -0.595. The zero-order valence-electron chi connectivity index (χ0n) is 11.5. The molecule has 18 heavy (non-hydrogen) atoms. The van der Waals surface area contributed by atoms with Gasteiger partial charge in [0.2, 0.25) is 0 Å². The molecule has 0 aliphatic heterocycles. The first-order valence-corrected chi connectivity index (χ1v) is 6.82. The lowest BCUT2D eigenvalue weighted by Gasteiger charge is -2.27. The highest BCUT2D eigenvalue weighted by atomic mass is 19.1. The van der Waals surface area contributed by atoms with Crippen LogP contribution in [0.4, 0.5) is 8.78 Å². The van der Waals surface area contributed by atoms with Crippen molar-refractivity contribution in [3.63, 3.8) is 0 Å². The lowest BCUT2D eigenvalue weighted by Crippen LogP contribution is -2.29. The van der Waals surface area contributed by atoms with Gasteiger partial charge in [0.1, 0.15) is 11.6 Å². The van der Waals surface area contributed by atoms with Crippen molar-refractivity contribution < 1.29 is 8.78 Å². The van der Waals surface area contributed by atoms with E-state index in [1.807, 2.05) is 0 Å². The third-order valence-electron chi connectivity index (χ3n) is 3.43. The predicted octanol–water partition coefficient (Wildman–Crippen LogP) is 4.44. The Hall–Kier alpha value is -0.960. The Bertz CT molecular complexity index is 362. The van der Waals surface area contributed by atoms with E-state index in [0.29, 0.717) is 11.5 Å². The minimum absolute atomic E-state index is 0.0273. The van der Waals surface area contributed by atoms with E-state index >= 15 is 0 Å². The van der Waals surface area contributed by atoms with Crippen LogP contribution in [0, 0.1) is 17.6 Å². The van der Waals surface area contributed by atoms with Crippen molar-refractivity contribution in [3.8, 4) is 0 Å². The third kappa shape index (κ3) is 3.77. The molecule has 0 radical (unpaired) electrons. The zero-order chi connectivity index (χ0) is 13.5. The predicted molar refractivity (Wildman–Crippen MR) is 71.5 cm³/mol. The van der Waals surface area contributed by atoms with Crippen molar-refractivity contribution in [2.24, 2.45) is 5.92 Å². The van der Waals surface area contributed by atoms with Crippen LogP contribution < -0.4 is 5.32 Å². The molecule has 102 valence electrons. The first-order valence-electron chi connectivity index (χ1n) is 6.82. The van der Waals surface area contributed by atoms with E-state index in [0.717, 1.165) is 31.9 Å². The molecule has 0 heterocycles. The van der Waals surface area contributed by atoms with Gasteiger partial charge in [-0.15, -0.1) is 0 Å². The molecule has 1 unspecified atom stereocenters. The van der Waals surface area contributed by atoms with E-state index in [1.54, 1.807) is 6.07 Å². The molecule has 1 aromatic rings. The second-order valence-corrected chi connectivity index (χ2v) is 4.67. The molecule has 1 rings (SSSR count). The molecule has 0 aliphatic carbocycles. The van der Waals surface area contributed by atoms with Crippen LogP contribution in [0.25, 0.3) is 0 Å². The van der Waals surface area contributed by atoms with Gasteiger partial charge in [0.15, 0.2) is 0 Å². The van der Waals surface area contributed by atoms with E-state index in [9.17, 15) is 8.78 Å². The second-order valence-electron chi connectivity index (χ2n) is 4.67. The summed E-state index contributed by atoms with van der Waals surface area (Å²) in [7, 11) is 0. The first-order chi connectivity index (χ1) is 8.63. The maximum atomic E-state index is 13.9. The summed E-state index contributed by atoms with van der Waals surface area (Å²) in [6.45, 7) is 7.14. The van der Waals surface area contributed by atoms with Crippen LogP contribution >= 0.6 is 0 Å². The SMILES string of the molecule is CCCNC(c1ccc(F)cc1F)C(CC)CC. The monoisotopic (exact) mass is 255 g/mol. The number of benzene rings is 1. The average molecular weight is 255 g/mol. The molecule has 1 atom stereocenters. The van der Waals surface area contributed by atoms with Crippen molar-refractivity contribution >= 4 is 0 Å². The smallest absolute Gasteiger partial charge is 0.130 e. The van der Waals surface area contributed by atoms with E-state index in [2.05, 4.69) is 26.1 Å². The molecule has 1 aromatic carbocycles. The molecule has 0 saturated carbocycles. The lowest BCUT2D eigenvalue weighted by molar-refractivity contribution is 0.332. The van der Waals surface area contributed by atoms with Gasteiger partial charge in [0, 0.05) is 17.7 Å². The Balaban J connectivity index is 3.00. The van der Waals surface area contributed by atoms with Crippen LogP contribution in [0.15, 0.2) is 18.2 Å². The molecule has 0 amide bonds. The Morgan fingerprint density at radius 1 is 1.11 bits per heavy atom. The Labute approximate surface area is 109 Å². The van der Waals surface area contributed by atoms with Crippen LogP contribution in [0.2, 0.25) is 0 Å². The topological polar surface area (TPSA) is 12.0 Å². The molecular formula is C15H23F2N. The van der Waals surface area contributed by atoms with E-state index < -0.39 is 11.6 Å². The van der Waals surface area contributed by atoms with E-state index in [-0.39, 0.29) is 6.04 Å². The molecule has 3 heteroatoms. The standard InChI is InChI=1S/C15H23F2N/c1-4-9-18-15(11(5-2)6-3)13-8-7-12(16)10-14(13)17/h7-8,10-11,15,18H,4-6,9H2,1-3H3. The van der Waals surface area contributed by atoms with Crippen molar-refractivity contribution in [2.75, 3.05) is 6.54 Å². The van der Waals surface area contributed by atoms with Crippen LogP contribution in [0.3, 0.4) is 0 Å². The molecule has 0 fully saturated rings. The number of rotatable bonds is 7. The highest BCUT2D eigenvalue weighted by molar-refractivity contribution is 5.23. The third-order valence-corrected chi connectivity index (χ3v) is 3.43. The van der Waals surface area contributed by atoms with Gasteiger partial charge in [-0.1, -0.05) is 39.7 Å². The van der Waals surface area contributed by atoms with Crippen LogP contribution in [-0.4, -0.2) is 6.54 Å². The Morgan fingerprint density at radius 2 is 1.78 bits per heavy atom. The summed E-state index contributed by atoms with van der Waals surface area (Å²) in [4.78, 5) is 0. The van der Waals surface area contributed by atoms with Gasteiger partial charge in [-0.05, 0) is 24.9 Å². The number of halogens is 2. The maximum absolute atomic E-state index is 13.9. The lowest BCUT2D eigenvalue weighted by atomic mass is 9.88. The number of hydrogen-bond donors (Lipinski definition) is 1. The molecule has 1 N–H and O–H groups in total. The van der Waals surface area contributed by atoms with Gasteiger partial charge >= 0.3 is 0 Å². The molecule has 0 aromatic heterocycles. The van der Waals surface area contributed by atoms with Gasteiger partial charge in [-0.3, -0.25) is 0 Å². The minimum Gasteiger partial charge on any atom is -0.310 e. The van der Waals surface area contributed by atoms with Crippen LogP contribution in [0.5, 0.6) is 0 Å². The highest BCUT2D eigenvalue weighted by Gasteiger charge is 2.22. The largest absolute Gasteiger partial charge is 0.310 e. The molecule has 1 nitrogen and oxygen atoms in total. The van der Waals surface area contributed by atoms with Gasteiger partial charge in [0.05, 0.1) is 0 Å². The summed E-state index contributed by atoms with van der Waals surface area (Å²) in [6.07, 6.45) is 2.96. The summed E-state index contributed by atoms with van der Waals surface area (Å²) in [6, 6.07) is 3.84. The van der Waals surface area contributed by atoms with Crippen LogP contribution in [-0.2, 0) is 0 Å². The Morgan fingerprint density at radius 3 is 2.28 bits per heavy atom. The van der Waals surface area contributed by atoms with Gasteiger partial charge < -0.3 is 5.32 Å². The van der Waals surface area contributed by atoms with E-state index in [1.165, 1.54) is 6.07 Å². The average Bonchev–Trinajstić information content (AvgIpc) is 2.35. The molecule has 0 bridgehead atoms. The summed E-state index contributed by atoms with van der Waals surface area (Å²) in [5.41, 5.74) is 0.582. The van der Waals surface area contributed by atoms with Crippen LogP contribution in [0.1, 0.15) is 51.6 Å². The van der Waals surface area contributed by atoms with Gasteiger partial charge in [-0.2, -0.15) is 0 Å². The summed E-state index contributed by atoms with van der Waals surface area (Å²) < 4.78 is 26.8. The summed E-state index contributed by atoms with van der Waals surface area (Å²) >= 11 is 0. The summed E-state index contributed by atoms with van der Waals surface area (Å²) in [5, 5.41) is 3.39.